The molecule has 0 aliphatic carbocycles. The van der Waals surface area contributed by atoms with E-state index in [-0.39, 0.29) is 18.9 Å². The minimum atomic E-state index is -0.694. The SMILES string of the molecule is COC(=O)c1ccc(N2C[C@H](C(=O)OCC(=O)Nc3ccc(Oc4ccccc4)cc3)CC2=O)cc1. The average Bonchev–Trinajstić information content (AvgIpc) is 3.30. The van der Waals surface area contributed by atoms with E-state index in [0.29, 0.717) is 28.4 Å². The maximum Gasteiger partial charge on any atom is 0.337 e. The summed E-state index contributed by atoms with van der Waals surface area (Å²) in [6.07, 6.45) is -0.0257. The number of carbonyl (C=O) groups excluding carboxylic acids is 4. The summed E-state index contributed by atoms with van der Waals surface area (Å²) in [5.41, 5.74) is 1.43. The van der Waals surface area contributed by atoms with E-state index in [1.165, 1.54) is 12.0 Å². The smallest absolute Gasteiger partial charge is 0.337 e. The highest BCUT2D eigenvalue weighted by atomic mass is 16.5. The first-order chi connectivity index (χ1) is 17.4. The third-order valence-corrected chi connectivity index (χ3v) is 5.52. The van der Waals surface area contributed by atoms with Crippen LogP contribution in [0.3, 0.4) is 0 Å². The molecule has 36 heavy (non-hydrogen) atoms. The molecular formula is C27H24N2O7. The molecule has 0 unspecified atom stereocenters. The molecule has 1 atom stereocenters. The number of ether oxygens (including phenoxy) is 3. The third-order valence-electron chi connectivity index (χ3n) is 5.52. The standard InChI is InChI=1S/C27H24N2O7/c1-34-26(32)18-7-11-21(12-8-18)29-16-19(15-25(29)31)27(33)35-17-24(30)28-20-9-13-23(14-10-20)36-22-5-3-2-4-6-22/h2-14,19H,15-17H2,1H3,(H,28,30)/t19-/m1/s1. The fraction of sp³-hybridized carbons (Fsp3) is 0.185. The van der Waals surface area contributed by atoms with Crippen molar-refractivity contribution in [2.45, 2.75) is 6.42 Å². The predicted molar refractivity (Wildman–Crippen MR) is 131 cm³/mol. The van der Waals surface area contributed by atoms with Gasteiger partial charge in [-0.15, -0.1) is 0 Å². The van der Waals surface area contributed by atoms with Gasteiger partial charge >= 0.3 is 11.9 Å². The Kier molecular flexibility index (Phi) is 7.60. The first kappa shape index (κ1) is 24.5. The van der Waals surface area contributed by atoms with Crippen molar-refractivity contribution in [2.24, 2.45) is 5.92 Å². The molecule has 9 nitrogen and oxygen atoms in total. The second-order valence-electron chi connectivity index (χ2n) is 8.04. The lowest BCUT2D eigenvalue weighted by Gasteiger charge is -2.16. The van der Waals surface area contributed by atoms with Gasteiger partial charge in [0.05, 0.1) is 18.6 Å². The topological polar surface area (TPSA) is 111 Å². The Balaban J connectivity index is 1.25. The van der Waals surface area contributed by atoms with Gasteiger partial charge in [-0.25, -0.2) is 4.79 Å². The van der Waals surface area contributed by atoms with Crippen molar-refractivity contribution < 1.29 is 33.4 Å². The highest BCUT2D eigenvalue weighted by Gasteiger charge is 2.36. The molecule has 0 aromatic heterocycles. The molecular weight excluding hydrogens is 464 g/mol. The zero-order valence-electron chi connectivity index (χ0n) is 19.5. The van der Waals surface area contributed by atoms with Crippen LogP contribution in [-0.2, 0) is 23.9 Å². The van der Waals surface area contributed by atoms with Crippen LogP contribution in [0.1, 0.15) is 16.8 Å². The van der Waals surface area contributed by atoms with Crippen LogP contribution >= 0.6 is 0 Å². The summed E-state index contributed by atoms with van der Waals surface area (Å²) in [5.74, 6) is -1.24. The number of benzene rings is 3. The number of hydrogen-bond donors (Lipinski definition) is 1. The Bertz CT molecular complexity index is 1240. The summed E-state index contributed by atoms with van der Waals surface area (Å²) < 4.78 is 15.5. The maximum atomic E-state index is 12.5. The van der Waals surface area contributed by atoms with Crippen molar-refractivity contribution in [2.75, 3.05) is 30.5 Å². The van der Waals surface area contributed by atoms with Crippen molar-refractivity contribution in [3.63, 3.8) is 0 Å². The number of nitrogens with one attached hydrogen (secondary N) is 1. The second-order valence-corrected chi connectivity index (χ2v) is 8.04. The van der Waals surface area contributed by atoms with Crippen LogP contribution < -0.4 is 15.0 Å². The Morgan fingerprint density at radius 1 is 0.917 bits per heavy atom. The van der Waals surface area contributed by atoms with Crippen LogP contribution in [0.15, 0.2) is 78.9 Å². The highest BCUT2D eigenvalue weighted by Crippen LogP contribution is 2.26. The molecule has 2 amide bonds. The molecule has 3 aromatic carbocycles. The molecule has 0 radical (unpaired) electrons. The van der Waals surface area contributed by atoms with Gasteiger partial charge in [0.2, 0.25) is 5.91 Å². The third kappa shape index (κ3) is 6.06. The van der Waals surface area contributed by atoms with Crippen LogP contribution in [0.5, 0.6) is 11.5 Å². The monoisotopic (exact) mass is 488 g/mol. The number of nitrogens with zero attached hydrogens (tertiary/aromatic N) is 1. The minimum absolute atomic E-state index is 0.0257. The van der Waals surface area contributed by atoms with Gasteiger partial charge in [0, 0.05) is 24.3 Å². The van der Waals surface area contributed by atoms with E-state index in [0.717, 1.165) is 0 Å². The summed E-state index contributed by atoms with van der Waals surface area (Å²) in [5, 5.41) is 2.65. The summed E-state index contributed by atoms with van der Waals surface area (Å²) >= 11 is 0. The van der Waals surface area contributed by atoms with Gasteiger partial charge in [-0.3, -0.25) is 14.4 Å². The van der Waals surface area contributed by atoms with Crippen molar-refractivity contribution >= 4 is 35.1 Å². The predicted octanol–water partition coefficient (Wildman–Crippen LogP) is 3.80. The fourth-order valence-electron chi connectivity index (χ4n) is 3.69. The molecule has 1 aliphatic rings. The molecule has 0 bridgehead atoms. The lowest BCUT2D eigenvalue weighted by molar-refractivity contribution is -0.151. The van der Waals surface area contributed by atoms with Crippen LogP contribution in [0, 0.1) is 5.92 Å². The van der Waals surface area contributed by atoms with E-state index in [9.17, 15) is 19.2 Å². The van der Waals surface area contributed by atoms with Crippen molar-refractivity contribution in [3.8, 4) is 11.5 Å². The van der Waals surface area contributed by atoms with E-state index in [2.05, 4.69) is 10.1 Å². The number of anilines is 2. The molecule has 1 saturated heterocycles. The van der Waals surface area contributed by atoms with E-state index in [1.807, 2.05) is 30.3 Å². The average molecular weight is 488 g/mol. The van der Waals surface area contributed by atoms with Crippen LogP contribution in [0.25, 0.3) is 0 Å². The van der Waals surface area contributed by atoms with Crippen molar-refractivity contribution in [1.82, 2.24) is 0 Å². The van der Waals surface area contributed by atoms with Gasteiger partial charge < -0.3 is 24.4 Å². The van der Waals surface area contributed by atoms with Gasteiger partial charge in [0.25, 0.3) is 5.91 Å². The molecule has 1 aliphatic heterocycles. The number of esters is 2. The lowest BCUT2D eigenvalue weighted by Crippen LogP contribution is -2.28. The zero-order valence-corrected chi connectivity index (χ0v) is 19.5. The van der Waals surface area contributed by atoms with Gasteiger partial charge in [0.1, 0.15) is 11.5 Å². The van der Waals surface area contributed by atoms with Gasteiger partial charge in [-0.1, -0.05) is 18.2 Å². The normalized spacial score (nSPS) is 14.8. The minimum Gasteiger partial charge on any atom is -0.465 e. The number of amides is 2. The molecule has 9 heteroatoms. The Labute approximate surface area is 207 Å². The second kappa shape index (κ2) is 11.2. The number of para-hydroxylation sites is 1. The van der Waals surface area contributed by atoms with E-state index >= 15 is 0 Å². The Morgan fingerprint density at radius 2 is 1.58 bits per heavy atom. The number of methoxy groups -OCH3 is 1. The van der Waals surface area contributed by atoms with Gasteiger partial charge in [-0.2, -0.15) is 0 Å². The summed E-state index contributed by atoms with van der Waals surface area (Å²) in [6.45, 7) is -0.348. The molecule has 0 spiro atoms. The maximum absolute atomic E-state index is 12.5. The van der Waals surface area contributed by atoms with Crippen molar-refractivity contribution in [3.05, 3.63) is 84.4 Å². The van der Waals surface area contributed by atoms with Crippen molar-refractivity contribution in [1.29, 1.82) is 0 Å². The van der Waals surface area contributed by atoms with E-state index in [1.54, 1.807) is 48.5 Å². The van der Waals surface area contributed by atoms with Crippen LogP contribution in [0.4, 0.5) is 11.4 Å². The van der Waals surface area contributed by atoms with E-state index in [4.69, 9.17) is 9.47 Å². The summed E-state index contributed by atoms with van der Waals surface area (Å²) in [4.78, 5) is 50.1. The highest BCUT2D eigenvalue weighted by molar-refractivity contribution is 6.00. The van der Waals surface area contributed by atoms with Gasteiger partial charge in [-0.05, 0) is 60.7 Å². The molecule has 184 valence electrons. The zero-order chi connectivity index (χ0) is 25.5. The molecule has 1 fully saturated rings. The number of carbonyl (C=O) groups is 4. The molecule has 4 rings (SSSR count). The summed E-state index contributed by atoms with van der Waals surface area (Å²) in [7, 11) is 1.29. The molecule has 1 heterocycles. The van der Waals surface area contributed by atoms with Crippen LogP contribution in [-0.4, -0.2) is 44.0 Å². The molecule has 1 N–H and O–H groups in total. The fourth-order valence-corrected chi connectivity index (χ4v) is 3.69. The van der Waals surface area contributed by atoms with E-state index < -0.39 is 30.4 Å². The largest absolute Gasteiger partial charge is 0.465 e. The first-order valence-corrected chi connectivity index (χ1v) is 11.2. The number of hydrogen-bond acceptors (Lipinski definition) is 7. The summed E-state index contributed by atoms with van der Waals surface area (Å²) in [6, 6.07) is 22.4. The Morgan fingerprint density at radius 3 is 2.25 bits per heavy atom. The quantitative estimate of drug-likeness (QED) is 0.480. The first-order valence-electron chi connectivity index (χ1n) is 11.2. The van der Waals surface area contributed by atoms with Crippen LogP contribution in [0.2, 0.25) is 0 Å². The lowest BCUT2D eigenvalue weighted by atomic mass is 10.1. The molecule has 0 saturated carbocycles. The number of rotatable bonds is 8. The molecule has 3 aromatic rings. The Hall–Kier alpha value is -4.66. The van der Waals surface area contributed by atoms with Gasteiger partial charge in [0.15, 0.2) is 6.61 Å².